The standard InChI is InChI=1S/C24H24N2O5S/c1-17-8-10-20(32(28,29)25-14-18-6-4-3-5-7-18)13-21(17)24(27)26(2)15-19-9-11-22-23(12-19)31-16-30-22/h3-13,25H,14-16H2,1-2H3. The third kappa shape index (κ3) is 4.76. The first-order valence-corrected chi connectivity index (χ1v) is 11.6. The molecule has 0 fully saturated rings. The zero-order valence-corrected chi connectivity index (χ0v) is 18.7. The molecule has 8 heteroatoms. The van der Waals surface area contributed by atoms with Crippen molar-refractivity contribution in [3.8, 4) is 11.5 Å². The molecule has 7 nitrogen and oxygen atoms in total. The molecule has 1 N–H and O–H groups in total. The lowest BCUT2D eigenvalue weighted by Gasteiger charge is -2.19. The van der Waals surface area contributed by atoms with Gasteiger partial charge in [-0.3, -0.25) is 4.79 Å². The number of nitrogens with zero attached hydrogens (tertiary/aromatic N) is 1. The Labute approximate surface area is 187 Å². The van der Waals surface area contributed by atoms with E-state index >= 15 is 0 Å². The van der Waals surface area contributed by atoms with Crippen LogP contribution in [0.5, 0.6) is 11.5 Å². The fraction of sp³-hybridized carbons (Fsp3) is 0.208. The molecule has 0 radical (unpaired) electrons. The van der Waals surface area contributed by atoms with Crippen LogP contribution >= 0.6 is 0 Å². The van der Waals surface area contributed by atoms with E-state index in [-0.39, 0.29) is 24.1 Å². The van der Waals surface area contributed by atoms with Gasteiger partial charge in [-0.05, 0) is 47.9 Å². The van der Waals surface area contributed by atoms with Crippen LogP contribution in [-0.2, 0) is 23.1 Å². The normalized spacial score (nSPS) is 12.6. The van der Waals surface area contributed by atoms with Crippen LogP contribution in [0.25, 0.3) is 0 Å². The van der Waals surface area contributed by atoms with Crippen LogP contribution in [0, 0.1) is 6.92 Å². The minimum absolute atomic E-state index is 0.0545. The summed E-state index contributed by atoms with van der Waals surface area (Å²) in [4.78, 5) is 14.7. The van der Waals surface area contributed by atoms with E-state index in [1.54, 1.807) is 24.9 Å². The smallest absolute Gasteiger partial charge is 0.254 e. The quantitative estimate of drug-likeness (QED) is 0.593. The largest absolute Gasteiger partial charge is 0.454 e. The first-order chi connectivity index (χ1) is 15.3. The third-order valence-electron chi connectivity index (χ3n) is 5.26. The van der Waals surface area contributed by atoms with E-state index in [2.05, 4.69) is 4.72 Å². The van der Waals surface area contributed by atoms with Gasteiger partial charge in [0, 0.05) is 25.7 Å². The van der Waals surface area contributed by atoms with Gasteiger partial charge in [0.05, 0.1) is 4.90 Å². The molecule has 0 atom stereocenters. The molecule has 3 aromatic carbocycles. The predicted molar refractivity (Wildman–Crippen MR) is 120 cm³/mol. The summed E-state index contributed by atoms with van der Waals surface area (Å²) >= 11 is 0. The number of hydrogen-bond acceptors (Lipinski definition) is 5. The number of fused-ring (bicyclic) bond motifs is 1. The molecule has 0 saturated carbocycles. The summed E-state index contributed by atoms with van der Waals surface area (Å²) < 4.78 is 38.9. The Hall–Kier alpha value is -3.36. The van der Waals surface area contributed by atoms with Gasteiger partial charge in [0.15, 0.2) is 11.5 Å². The molecule has 1 heterocycles. The summed E-state index contributed by atoms with van der Waals surface area (Å²) in [5.74, 6) is 1.07. The molecule has 0 aliphatic carbocycles. The highest BCUT2D eigenvalue weighted by atomic mass is 32.2. The van der Waals surface area contributed by atoms with Gasteiger partial charge < -0.3 is 14.4 Å². The lowest BCUT2D eigenvalue weighted by molar-refractivity contribution is 0.0784. The fourth-order valence-corrected chi connectivity index (χ4v) is 4.49. The number of amides is 1. The Kier molecular flexibility index (Phi) is 6.16. The van der Waals surface area contributed by atoms with E-state index in [0.717, 1.165) is 11.1 Å². The number of nitrogens with one attached hydrogen (secondary N) is 1. The number of sulfonamides is 1. The summed E-state index contributed by atoms with van der Waals surface area (Å²) in [6, 6.07) is 19.4. The highest BCUT2D eigenvalue weighted by Gasteiger charge is 2.21. The molecule has 166 valence electrons. The van der Waals surface area contributed by atoms with Crippen LogP contribution in [0.15, 0.2) is 71.6 Å². The molecule has 1 aliphatic heterocycles. The van der Waals surface area contributed by atoms with Crippen LogP contribution in [0.3, 0.4) is 0 Å². The van der Waals surface area contributed by atoms with Crippen molar-refractivity contribution in [2.75, 3.05) is 13.8 Å². The third-order valence-corrected chi connectivity index (χ3v) is 6.66. The number of carbonyl (C=O) groups excluding carboxylic acids is 1. The second-order valence-electron chi connectivity index (χ2n) is 7.64. The van der Waals surface area contributed by atoms with Gasteiger partial charge >= 0.3 is 0 Å². The molecule has 0 unspecified atom stereocenters. The second kappa shape index (κ2) is 9.02. The molecular formula is C24H24N2O5S. The van der Waals surface area contributed by atoms with E-state index in [1.165, 1.54) is 12.1 Å². The van der Waals surface area contributed by atoms with Crippen LogP contribution in [-0.4, -0.2) is 33.1 Å². The van der Waals surface area contributed by atoms with Crippen molar-refractivity contribution >= 4 is 15.9 Å². The molecule has 4 rings (SSSR count). The monoisotopic (exact) mass is 452 g/mol. The van der Waals surface area contributed by atoms with Crippen molar-refractivity contribution in [2.45, 2.75) is 24.9 Å². The number of rotatable bonds is 7. The van der Waals surface area contributed by atoms with Gasteiger partial charge in [0.1, 0.15) is 0 Å². The molecule has 1 aliphatic rings. The van der Waals surface area contributed by atoms with Crippen molar-refractivity contribution < 1.29 is 22.7 Å². The number of carbonyl (C=O) groups is 1. The van der Waals surface area contributed by atoms with Crippen molar-refractivity contribution in [3.05, 3.63) is 89.0 Å². The van der Waals surface area contributed by atoms with Gasteiger partial charge in [-0.1, -0.05) is 42.5 Å². The van der Waals surface area contributed by atoms with E-state index in [1.807, 2.05) is 48.5 Å². The maximum absolute atomic E-state index is 13.1. The van der Waals surface area contributed by atoms with Crippen molar-refractivity contribution in [2.24, 2.45) is 0 Å². The Balaban J connectivity index is 1.50. The highest BCUT2D eigenvalue weighted by molar-refractivity contribution is 7.89. The van der Waals surface area contributed by atoms with E-state index in [0.29, 0.717) is 29.2 Å². The Morgan fingerprint density at radius 3 is 2.50 bits per heavy atom. The van der Waals surface area contributed by atoms with E-state index in [4.69, 9.17) is 9.47 Å². The number of benzene rings is 3. The molecule has 0 bridgehead atoms. The number of hydrogen-bond donors (Lipinski definition) is 1. The van der Waals surface area contributed by atoms with Crippen LogP contribution in [0.2, 0.25) is 0 Å². The van der Waals surface area contributed by atoms with Crippen molar-refractivity contribution in [1.29, 1.82) is 0 Å². The van der Waals surface area contributed by atoms with Gasteiger partial charge in [-0.15, -0.1) is 0 Å². The summed E-state index contributed by atoms with van der Waals surface area (Å²) in [5, 5.41) is 0. The average Bonchev–Trinajstić information content (AvgIpc) is 3.26. The van der Waals surface area contributed by atoms with Crippen LogP contribution in [0.1, 0.15) is 27.0 Å². The van der Waals surface area contributed by atoms with E-state index in [9.17, 15) is 13.2 Å². The summed E-state index contributed by atoms with van der Waals surface area (Å²) in [6.07, 6.45) is 0. The molecule has 0 saturated heterocycles. The fourth-order valence-electron chi connectivity index (χ4n) is 3.45. The van der Waals surface area contributed by atoms with Crippen LogP contribution in [0.4, 0.5) is 0 Å². The second-order valence-corrected chi connectivity index (χ2v) is 9.40. The lowest BCUT2D eigenvalue weighted by Crippen LogP contribution is -2.28. The summed E-state index contributed by atoms with van der Waals surface area (Å²) in [5.41, 5.74) is 2.78. The van der Waals surface area contributed by atoms with Crippen molar-refractivity contribution in [3.63, 3.8) is 0 Å². The Morgan fingerprint density at radius 2 is 1.72 bits per heavy atom. The molecule has 1 amide bonds. The average molecular weight is 453 g/mol. The first-order valence-electron chi connectivity index (χ1n) is 10.1. The molecular weight excluding hydrogens is 428 g/mol. The zero-order chi connectivity index (χ0) is 22.7. The molecule has 0 aromatic heterocycles. The van der Waals surface area contributed by atoms with Gasteiger partial charge in [0.25, 0.3) is 5.91 Å². The van der Waals surface area contributed by atoms with Crippen LogP contribution < -0.4 is 14.2 Å². The Morgan fingerprint density at radius 1 is 0.969 bits per heavy atom. The predicted octanol–water partition coefficient (Wildman–Crippen LogP) is 3.47. The number of ether oxygens (including phenoxy) is 2. The summed E-state index contributed by atoms with van der Waals surface area (Å²) in [7, 11) is -2.09. The SMILES string of the molecule is Cc1ccc(S(=O)(=O)NCc2ccccc2)cc1C(=O)N(C)Cc1ccc2c(c1)OCO2. The van der Waals surface area contributed by atoms with Gasteiger partial charge in [-0.25, -0.2) is 13.1 Å². The molecule has 32 heavy (non-hydrogen) atoms. The van der Waals surface area contributed by atoms with Gasteiger partial charge in [-0.2, -0.15) is 0 Å². The zero-order valence-electron chi connectivity index (χ0n) is 17.9. The maximum Gasteiger partial charge on any atom is 0.254 e. The highest BCUT2D eigenvalue weighted by Crippen LogP contribution is 2.32. The molecule has 3 aromatic rings. The van der Waals surface area contributed by atoms with Gasteiger partial charge in [0.2, 0.25) is 16.8 Å². The minimum Gasteiger partial charge on any atom is -0.454 e. The van der Waals surface area contributed by atoms with E-state index < -0.39 is 10.0 Å². The Bertz CT molecular complexity index is 1240. The van der Waals surface area contributed by atoms with Crippen molar-refractivity contribution in [1.82, 2.24) is 9.62 Å². The topological polar surface area (TPSA) is 84.9 Å². The first kappa shape index (κ1) is 21.9. The summed E-state index contributed by atoms with van der Waals surface area (Å²) in [6.45, 7) is 2.49. The minimum atomic E-state index is -3.77. The maximum atomic E-state index is 13.1. The molecule has 0 spiro atoms. The number of aryl methyl sites for hydroxylation is 1. The lowest BCUT2D eigenvalue weighted by atomic mass is 10.1.